The van der Waals surface area contributed by atoms with E-state index in [1.54, 1.807) is 32.4 Å². The Balaban J connectivity index is 2.11. The molecule has 0 N–H and O–H groups in total. The van der Waals surface area contributed by atoms with E-state index < -0.39 is 0 Å². The summed E-state index contributed by atoms with van der Waals surface area (Å²) in [5.41, 5.74) is 1.55. The highest BCUT2D eigenvalue weighted by Gasteiger charge is 2.06. The van der Waals surface area contributed by atoms with E-state index in [9.17, 15) is 0 Å². The summed E-state index contributed by atoms with van der Waals surface area (Å²) in [5.74, 6) is 1.97. The lowest BCUT2D eigenvalue weighted by molar-refractivity contribution is 0.284. The Morgan fingerprint density at radius 1 is 0.950 bits per heavy atom. The van der Waals surface area contributed by atoms with Crippen LogP contribution in [0.1, 0.15) is 11.1 Å². The summed E-state index contributed by atoms with van der Waals surface area (Å²) < 4.78 is 16.0. The van der Waals surface area contributed by atoms with Crippen LogP contribution in [0.2, 0.25) is 0 Å². The van der Waals surface area contributed by atoms with Gasteiger partial charge in [-0.05, 0) is 29.8 Å². The molecule has 0 saturated carbocycles. The second-order valence-corrected chi connectivity index (χ2v) is 4.11. The van der Waals surface area contributed by atoms with Crippen LogP contribution in [0.3, 0.4) is 0 Å². The Bertz CT molecular complexity index is 615. The van der Waals surface area contributed by atoms with Crippen molar-refractivity contribution in [2.45, 2.75) is 6.61 Å². The number of nitriles is 1. The first-order chi connectivity index (χ1) is 9.76. The van der Waals surface area contributed by atoms with Crippen LogP contribution in [0, 0.1) is 11.3 Å². The van der Waals surface area contributed by atoms with Gasteiger partial charge in [-0.1, -0.05) is 12.1 Å². The fourth-order valence-electron chi connectivity index (χ4n) is 1.74. The van der Waals surface area contributed by atoms with Gasteiger partial charge in [-0.15, -0.1) is 0 Å². The molecule has 2 rings (SSSR count). The molecular formula is C16H15NO3. The molecule has 0 amide bonds. The second kappa shape index (κ2) is 6.48. The minimum atomic E-state index is 0.398. The summed E-state index contributed by atoms with van der Waals surface area (Å²) in [4.78, 5) is 0. The number of hydrogen-bond donors (Lipinski definition) is 0. The van der Waals surface area contributed by atoms with Crippen LogP contribution in [0.5, 0.6) is 17.2 Å². The lowest BCUT2D eigenvalue weighted by Crippen LogP contribution is -1.98. The molecule has 2 aromatic rings. The van der Waals surface area contributed by atoms with E-state index >= 15 is 0 Å². The monoisotopic (exact) mass is 269 g/mol. The van der Waals surface area contributed by atoms with E-state index in [0.29, 0.717) is 23.7 Å². The summed E-state index contributed by atoms with van der Waals surface area (Å²) in [6, 6.07) is 14.8. The normalized spacial score (nSPS) is 9.65. The minimum absolute atomic E-state index is 0.398. The van der Waals surface area contributed by atoms with E-state index in [4.69, 9.17) is 19.5 Å². The molecule has 0 fully saturated rings. The average molecular weight is 269 g/mol. The zero-order valence-electron chi connectivity index (χ0n) is 11.4. The van der Waals surface area contributed by atoms with Crippen LogP contribution in [-0.4, -0.2) is 14.2 Å². The molecule has 0 heterocycles. The highest BCUT2D eigenvalue weighted by molar-refractivity contribution is 5.46. The van der Waals surface area contributed by atoms with E-state index in [2.05, 4.69) is 6.07 Å². The standard InChI is InChI=1S/C16H15NO3/c1-18-14-6-3-12(4-7-14)11-20-16-9-13(10-17)5-8-15(16)19-2/h3-9H,11H2,1-2H3. The molecular weight excluding hydrogens is 254 g/mol. The average Bonchev–Trinajstić information content (AvgIpc) is 2.53. The Kier molecular flexibility index (Phi) is 4.46. The van der Waals surface area contributed by atoms with Crippen molar-refractivity contribution in [3.8, 4) is 23.3 Å². The van der Waals surface area contributed by atoms with Crippen molar-refractivity contribution in [3.63, 3.8) is 0 Å². The van der Waals surface area contributed by atoms with E-state index in [1.165, 1.54) is 0 Å². The highest BCUT2D eigenvalue weighted by atomic mass is 16.5. The molecule has 0 radical (unpaired) electrons. The van der Waals surface area contributed by atoms with Gasteiger partial charge in [-0.25, -0.2) is 0 Å². The van der Waals surface area contributed by atoms with E-state index in [0.717, 1.165) is 11.3 Å². The van der Waals surface area contributed by atoms with Crippen molar-refractivity contribution >= 4 is 0 Å². The predicted octanol–water partition coefficient (Wildman–Crippen LogP) is 3.15. The third-order valence-electron chi connectivity index (χ3n) is 2.85. The van der Waals surface area contributed by atoms with Gasteiger partial charge < -0.3 is 14.2 Å². The summed E-state index contributed by atoms with van der Waals surface area (Å²) >= 11 is 0. The van der Waals surface area contributed by atoms with E-state index in [1.807, 2.05) is 24.3 Å². The number of methoxy groups -OCH3 is 2. The van der Waals surface area contributed by atoms with E-state index in [-0.39, 0.29) is 0 Å². The van der Waals surface area contributed by atoms with Crippen LogP contribution < -0.4 is 14.2 Å². The molecule has 0 aliphatic heterocycles. The number of rotatable bonds is 5. The van der Waals surface area contributed by atoms with Gasteiger partial charge in [0.15, 0.2) is 11.5 Å². The fourth-order valence-corrected chi connectivity index (χ4v) is 1.74. The topological polar surface area (TPSA) is 51.5 Å². The van der Waals surface area contributed by atoms with Crippen LogP contribution >= 0.6 is 0 Å². The Hall–Kier alpha value is -2.67. The van der Waals surface area contributed by atoms with Gasteiger partial charge in [-0.3, -0.25) is 0 Å². The van der Waals surface area contributed by atoms with Gasteiger partial charge in [0.25, 0.3) is 0 Å². The molecule has 2 aromatic carbocycles. The molecule has 0 spiro atoms. The maximum atomic E-state index is 8.91. The first-order valence-electron chi connectivity index (χ1n) is 6.10. The van der Waals surface area contributed by atoms with Crippen LogP contribution in [0.4, 0.5) is 0 Å². The van der Waals surface area contributed by atoms with Gasteiger partial charge in [-0.2, -0.15) is 5.26 Å². The molecule has 0 atom stereocenters. The van der Waals surface area contributed by atoms with Gasteiger partial charge in [0.05, 0.1) is 25.9 Å². The van der Waals surface area contributed by atoms with Crippen molar-refractivity contribution < 1.29 is 14.2 Å². The SMILES string of the molecule is COc1ccc(COc2cc(C#N)ccc2OC)cc1. The van der Waals surface area contributed by atoms with Crippen LogP contribution in [0.15, 0.2) is 42.5 Å². The van der Waals surface area contributed by atoms with Gasteiger partial charge in [0.2, 0.25) is 0 Å². The molecule has 0 bridgehead atoms. The van der Waals surface area contributed by atoms with Crippen molar-refractivity contribution in [1.82, 2.24) is 0 Å². The molecule has 0 aromatic heterocycles. The number of ether oxygens (including phenoxy) is 3. The van der Waals surface area contributed by atoms with Crippen molar-refractivity contribution in [2.75, 3.05) is 14.2 Å². The largest absolute Gasteiger partial charge is 0.497 e. The van der Waals surface area contributed by atoms with Gasteiger partial charge in [0.1, 0.15) is 12.4 Å². The third kappa shape index (κ3) is 3.21. The lowest BCUT2D eigenvalue weighted by Gasteiger charge is -2.11. The number of benzene rings is 2. The maximum absolute atomic E-state index is 8.91. The molecule has 0 aliphatic rings. The summed E-state index contributed by atoms with van der Waals surface area (Å²) in [6.45, 7) is 0.398. The second-order valence-electron chi connectivity index (χ2n) is 4.11. The highest BCUT2D eigenvalue weighted by Crippen LogP contribution is 2.28. The molecule has 4 nitrogen and oxygen atoms in total. The molecule has 4 heteroatoms. The number of hydrogen-bond acceptors (Lipinski definition) is 4. The third-order valence-corrected chi connectivity index (χ3v) is 2.85. The first-order valence-corrected chi connectivity index (χ1v) is 6.10. The van der Waals surface area contributed by atoms with Crippen molar-refractivity contribution in [2.24, 2.45) is 0 Å². The Morgan fingerprint density at radius 3 is 2.30 bits per heavy atom. The zero-order chi connectivity index (χ0) is 14.4. The van der Waals surface area contributed by atoms with Gasteiger partial charge >= 0.3 is 0 Å². The summed E-state index contributed by atoms with van der Waals surface area (Å²) in [5, 5.41) is 8.91. The molecule has 0 unspecified atom stereocenters. The molecule has 20 heavy (non-hydrogen) atoms. The number of nitrogens with zero attached hydrogens (tertiary/aromatic N) is 1. The molecule has 0 aliphatic carbocycles. The Morgan fingerprint density at radius 2 is 1.70 bits per heavy atom. The lowest BCUT2D eigenvalue weighted by atomic mass is 10.2. The van der Waals surface area contributed by atoms with Crippen LogP contribution in [0.25, 0.3) is 0 Å². The van der Waals surface area contributed by atoms with Crippen LogP contribution in [-0.2, 0) is 6.61 Å². The maximum Gasteiger partial charge on any atom is 0.162 e. The zero-order valence-corrected chi connectivity index (χ0v) is 11.4. The van der Waals surface area contributed by atoms with Crippen molar-refractivity contribution in [3.05, 3.63) is 53.6 Å². The minimum Gasteiger partial charge on any atom is -0.497 e. The van der Waals surface area contributed by atoms with Crippen molar-refractivity contribution in [1.29, 1.82) is 5.26 Å². The predicted molar refractivity (Wildman–Crippen MR) is 75.0 cm³/mol. The quantitative estimate of drug-likeness (QED) is 0.836. The molecule has 0 saturated heterocycles. The smallest absolute Gasteiger partial charge is 0.162 e. The van der Waals surface area contributed by atoms with Gasteiger partial charge in [0, 0.05) is 6.07 Å². The fraction of sp³-hybridized carbons (Fsp3) is 0.188. The first kappa shape index (κ1) is 13.8. The molecule has 102 valence electrons. The summed E-state index contributed by atoms with van der Waals surface area (Å²) in [6.07, 6.45) is 0. The summed E-state index contributed by atoms with van der Waals surface area (Å²) in [7, 11) is 3.20. The Labute approximate surface area is 118 Å².